The number of benzene rings is 3. The Labute approximate surface area is 187 Å². The zero-order valence-corrected chi connectivity index (χ0v) is 18.5. The first-order valence-corrected chi connectivity index (χ1v) is 10.1. The van der Waals surface area contributed by atoms with Crippen LogP contribution in [-0.2, 0) is 4.79 Å². The van der Waals surface area contributed by atoms with Gasteiger partial charge in [0.25, 0.3) is 11.8 Å². The first-order chi connectivity index (χ1) is 15.4. The summed E-state index contributed by atoms with van der Waals surface area (Å²) in [7, 11) is 2.96. The minimum Gasteiger partial charge on any atom is -0.494 e. The summed E-state index contributed by atoms with van der Waals surface area (Å²) in [5.41, 5.74) is 2.42. The van der Waals surface area contributed by atoms with Gasteiger partial charge in [0.1, 0.15) is 17.2 Å². The molecule has 0 radical (unpaired) electrons. The third-order valence-electron chi connectivity index (χ3n) is 4.77. The van der Waals surface area contributed by atoms with Crippen LogP contribution in [-0.4, -0.2) is 32.1 Å². The van der Waals surface area contributed by atoms with E-state index in [0.29, 0.717) is 34.2 Å². The molecule has 0 aliphatic carbocycles. The number of hydrogen-bond donors (Lipinski definition) is 2. The molecule has 0 aliphatic rings. The Hall–Kier alpha value is -4.00. The van der Waals surface area contributed by atoms with E-state index >= 15 is 0 Å². The molecule has 166 valence electrons. The van der Waals surface area contributed by atoms with E-state index in [-0.39, 0.29) is 11.8 Å². The van der Waals surface area contributed by atoms with Crippen molar-refractivity contribution in [3.8, 4) is 17.2 Å². The molecular weight excluding hydrogens is 408 g/mol. The number of methoxy groups -OCH3 is 2. The normalized spacial score (nSPS) is 11.2. The lowest BCUT2D eigenvalue weighted by atomic mass is 10.2. The second-order valence-corrected chi connectivity index (χ2v) is 7.14. The van der Waals surface area contributed by atoms with Crippen molar-refractivity contribution < 1.29 is 23.8 Å². The average Bonchev–Trinajstić information content (AvgIpc) is 2.81. The van der Waals surface area contributed by atoms with Gasteiger partial charge < -0.3 is 24.8 Å². The number of aryl methyl sites for hydroxylation is 1. The summed E-state index contributed by atoms with van der Waals surface area (Å²) in [6.07, 6.45) is -0.745. The van der Waals surface area contributed by atoms with Crippen LogP contribution in [0.5, 0.6) is 17.2 Å². The number of anilines is 2. The van der Waals surface area contributed by atoms with Crippen molar-refractivity contribution in [2.45, 2.75) is 20.0 Å². The van der Waals surface area contributed by atoms with Crippen LogP contribution >= 0.6 is 0 Å². The predicted molar refractivity (Wildman–Crippen MR) is 124 cm³/mol. The molecule has 7 nitrogen and oxygen atoms in total. The van der Waals surface area contributed by atoms with E-state index in [0.717, 1.165) is 5.56 Å². The van der Waals surface area contributed by atoms with Crippen molar-refractivity contribution in [1.29, 1.82) is 0 Å². The number of ether oxygens (including phenoxy) is 3. The molecule has 0 saturated heterocycles. The maximum absolute atomic E-state index is 12.7. The third-order valence-corrected chi connectivity index (χ3v) is 4.77. The molecule has 0 bridgehead atoms. The van der Waals surface area contributed by atoms with Crippen LogP contribution in [0.2, 0.25) is 0 Å². The molecule has 2 N–H and O–H groups in total. The Balaban J connectivity index is 1.76. The van der Waals surface area contributed by atoms with E-state index in [4.69, 9.17) is 14.2 Å². The van der Waals surface area contributed by atoms with Gasteiger partial charge in [-0.05, 0) is 38.1 Å². The zero-order chi connectivity index (χ0) is 23.1. The van der Waals surface area contributed by atoms with Gasteiger partial charge >= 0.3 is 0 Å². The number of rotatable bonds is 8. The second kappa shape index (κ2) is 10.3. The topological polar surface area (TPSA) is 85.9 Å². The first-order valence-electron chi connectivity index (χ1n) is 10.1. The molecule has 0 spiro atoms. The molecule has 0 fully saturated rings. The van der Waals surface area contributed by atoms with Crippen LogP contribution in [0.3, 0.4) is 0 Å². The quantitative estimate of drug-likeness (QED) is 0.538. The Morgan fingerprint density at radius 2 is 1.38 bits per heavy atom. The summed E-state index contributed by atoms with van der Waals surface area (Å²) in [5.74, 6) is 0.694. The smallest absolute Gasteiger partial charge is 0.265 e. The predicted octanol–water partition coefficient (Wildman–Crippen LogP) is 4.67. The lowest BCUT2D eigenvalue weighted by Gasteiger charge is -2.18. The highest BCUT2D eigenvalue weighted by Crippen LogP contribution is 2.36. The van der Waals surface area contributed by atoms with Gasteiger partial charge in [-0.15, -0.1) is 0 Å². The molecule has 1 unspecified atom stereocenters. The minimum atomic E-state index is -0.745. The number of carbonyl (C=O) groups excluding carboxylic acids is 2. The summed E-state index contributed by atoms with van der Waals surface area (Å²) in [6.45, 7) is 3.64. The van der Waals surface area contributed by atoms with Crippen molar-refractivity contribution in [2.24, 2.45) is 0 Å². The molecule has 0 aromatic heterocycles. The van der Waals surface area contributed by atoms with E-state index in [2.05, 4.69) is 10.6 Å². The number of nitrogens with one attached hydrogen (secondary N) is 2. The van der Waals surface area contributed by atoms with Gasteiger partial charge in [-0.3, -0.25) is 9.59 Å². The maximum atomic E-state index is 12.7. The van der Waals surface area contributed by atoms with Crippen LogP contribution in [0.1, 0.15) is 22.8 Å². The standard InChI is InChI=1S/C25H26N2O5/c1-16-10-12-19(13-11-16)32-17(2)24(28)26-20-14-23(31-4)21(15-22(20)30-3)27-25(29)18-8-6-5-7-9-18/h5-15,17H,1-4H3,(H,26,28)(H,27,29). The van der Waals surface area contributed by atoms with Crippen LogP contribution in [0.25, 0.3) is 0 Å². The van der Waals surface area contributed by atoms with Gasteiger partial charge in [0, 0.05) is 17.7 Å². The molecule has 0 heterocycles. The number of carbonyl (C=O) groups is 2. The lowest BCUT2D eigenvalue weighted by molar-refractivity contribution is -0.122. The number of amides is 2. The van der Waals surface area contributed by atoms with E-state index in [1.807, 2.05) is 37.3 Å². The summed E-state index contributed by atoms with van der Waals surface area (Å²) in [5, 5.41) is 5.61. The third kappa shape index (κ3) is 5.57. The lowest BCUT2D eigenvalue weighted by Crippen LogP contribution is -2.30. The van der Waals surface area contributed by atoms with E-state index in [9.17, 15) is 9.59 Å². The van der Waals surface area contributed by atoms with Gasteiger partial charge in [0.2, 0.25) is 0 Å². The zero-order valence-electron chi connectivity index (χ0n) is 18.5. The van der Waals surface area contributed by atoms with E-state index < -0.39 is 6.10 Å². The number of hydrogen-bond acceptors (Lipinski definition) is 5. The molecule has 7 heteroatoms. The van der Waals surface area contributed by atoms with E-state index in [1.165, 1.54) is 14.2 Å². The summed E-state index contributed by atoms with van der Waals surface area (Å²) in [4.78, 5) is 25.2. The molecule has 1 atom stereocenters. The molecule has 3 aromatic rings. The Kier molecular flexibility index (Phi) is 7.33. The van der Waals surface area contributed by atoms with Crippen LogP contribution in [0, 0.1) is 6.92 Å². The van der Waals surface area contributed by atoms with Gasteiger partial charge in [-0.2, -0.15) is 0 Å². The minimum absolute atomic E-state index is 0.289. The van der Waals surface area contributed by atoms with Gasteiger partial charge in [-0.1, -0.05) is 35.9 Å². The highest BCUT2D eigenvalue weighted by Gasteiger charge is 2.20. The molecule has 32 heavy (non-hydrogen) atoms. The van der Waals surface area contributed by atoms with Crippen LogP contribution in [0.15, 0.2) is 66.7 Å². The first kappa shape index (κ1) is 22.7. The van der Waals surface area contributed by atoms with Crippen molar-refractivity contribution in [1.82, 2.24) is 0 Å². The van der Waals surface area contributed by atoms with Crippen molar-refractivity contribution in [3.05, 3.63) is 77.9 Å². The van der Waals surface area contributed by atoms with Crippen molar-refractivity contribution >= 4 is 23.2 Å². The van der Waals surface area contributed by atoms with Crippen LogP contribution < -0.4 is 24.8 Å². The fourth-order valence-electron chi connectivity index (χ4n) is 2.99. The fraction of sp³-hybridized carbons (Fsp3) is 0.200. The Morgan fingerprint density at radius 1 is 0.812 bits per heavy atom. The largest absolute Gasteiger partial charge is 0.494 e. The molecule has 2 amide bonds. The maximum Gasteiger partial charge on any atom is 0.265 e. The van der Waals surface area contributed by atoms with Gasteiger partial charge in [0.05, 0.1) is 25.6 Å². The SMILES string of the molecule is COc1cc(NC(=O)C(C)Oc2ccc(C)cc2)c(OC)cc1NC(=O)c1ccccc1. The Bertz CT molecular complexity index is 1080. The Morgan fingerprint density at radius 3 is 1.94 bits per heavy atom. The van der Waals surface area contributed by atoms with E-state index in [1.54, 1.807) is 43.3 Å². The summed E-state index contributed by atoms with van der Waals surface area (Å²) in [6, 6.07) is 19.5. The molecule has 0 aliphatic heterocycles. The van der Waals surface area contributed by atoms with Gasteiger partial charge in [0.15, 0.2) is 6.10 Å². The van der Waals surface area contributed by atoms with Crippen molar-refractivity contribution in [3.63, 3.8) is 0 Å². The molecular formula is C25H26N2O5. The average molecular weight is 434 g/mol. The molecule has 3 rings (SSSR count). The molecule has 3 aromatic carbocycles. The molecule has 0 saturated carbocycles. The summed E-state index contributed by atoms with van der Waals surface area (Å²) < 4.78 is 16.6. The van der Waals surface area contributed by atoms with Gasteiger partial charge in [-0.25, -0.2) is 0 Å². The van der Waals surface area contributed by atoms with Crippen LogP contribution in [0.4, 0.5) is 11.4 Å². The fourth-order valence-corrected chi connectivity index (χ4v) is 2.99. The summed E-state index contributed by atoms with van der Waals surface area (Å²) >= 11 is 0. The second-order valence-electron chi connectivity index (χ2n) is 7.14. The van der Waals surface area contributed by atoms with Crippen molar-refractivity contribution in [2.75, 3.05) is 24.9 Å². The highest BCUT2D eigenvalue weighted by atomic mass is 16.5. The highest BCUT2D eigenvalue weighted by molar-refractivity contribution is 6.05. The monoisotopic (exact) mass is 434 g/mol.